The van der Waals surface area contributed by atoms with E-state index < -0.39 is 0 Å². The maximum Gasteiger partial charge on any atom is 0.322 e. The Morgan fingerprint density at radius 3 is 2.71 bits per heavy atom. The third-order valence-electron chi connectivity index (χ3n) is 3.50. The first-order valence-corrected chi connectivity index (χ1v) is 6.98. The zero-order valence-corrected chi connectivity index (χ0v) is 12.7. The highest BCUT2D eigenvalue weighted by Gasteiger charge is 2.25. The molecule has 7 nitrogen and oxygen atoms in total. The molecule has 0 fully saturated rings. The van der Waals surface area contributed by atoms with Crippen LogP contribution in [0.2, 0.25) is 0 Å². The molecule has 2 rings (SSSR count). The maximum atomic E-state index is 11.9. The Labute approximate surface area is 124 Å². The number of nitrogens with zero attached hydrogens (tertiary/aromatic N) is 2. The molecule has 21 heavy (non-hydrogen) atoms. The Morgan fingerprint density at radius 2 is 2.10 bits per heavy atom. The van der Waals surface area contributed by atoms with E-state index in [4.69, 9.17) is 0 Å². The standard InChI is InChI=1S/C14H21N5O2/c1-8(2)19-7-11-10(17-14(19)21)5-6-12(16-11)18-13(20)9(3)15-4/h5-6,8-9,15H,7H2,1-4H3,(H,17,21)(H,16,18,20)/t9-/m0/s1. The van der Waals surface area contributed by atoms with Gasteiger partial charge in [-0.25, -0.2) is 9.78 Å². The van der Waals surface area contributed by atoms with Gasteiger partial charge in [0.1, 0.15) is 5.82 Å². The molecule has 0 saturated carbocycles. The molecule has 1 aromatic heterocycles. The van der Waals surface area contributed by atoms with Crippen LogP contribution in [0.1, 0.15) is 26.5 Å². The van der Waals surface area contributed by atoms with E-state index in [9.17, 15) is 9.59 Å². The van der Waals surface area contributed by atoms with Crippen LogP contribution in [0.15, 0.2) is 12.1 Å². The van der Waals surface area contributed by atoms with Gasteiger partial charge in [0.05, 0.1) is 24.0 Å². The fourth-order valence-corrected chi connectivity index (χ4v) is 2.01. The molecule has 1 atom stereocenters. The van der Waals surface area contributed by atoms with Crippen molar-refractivity contribution in [3.63, 3.8) is 0 Å². The predicted molar refractivity (Wildman–Crippen MR) is 81.1 cm³/mol. The summed E-state index contributed by atoms with van der Waals surface area (Å²) in [7, 11) is 1.72. The summed E-state index contributed by atoms with van der Waals surface area (Å²) in [6, 6.07) is 3.11. The zero-order chi connectivity index (χ0) is 15.6. The van der Waals surface area contributed by atoms with Crippen LogP contribution in [-0.2, 0) is 11.3 Å². The first kappa shape index (κ1) is 15.2. The summed E-state index contributed by atoms with van der Waals surface area (Å²) in [5.41, 5.74) is 1.44. The topological polar surface area (TPSA) is 86.4 Å². The molecule has 2 heterocycles. The van der Waals surface area contributed by atoms with E-state index in [1.54, 1.807) is 31.0 Å². The number of anilines is 2. The van der Waals surface area contributed by atoms with E-state index in [2.05, 4.69) is 20.9 Å². The number of amides is 3. The Balaban J connectivity index is 2.18. The number of fused-ring (bicyclic) bond motifs is 1. The zero-order valence-electron chi connectivity index (χ0n) is 12.7. The lowest BCUT2D eigenvalue weighted by Crippen LogP contribution is -2.43. The Kier molecular flexibility index (Phi) is 4.42. The third kappa shape index (κ3) is 3.30. The summed E-state index contributed by atoms with van der Waals surface area (Å²) < 4.78 is 0. The van der Waals surface area contributed by atoms with Crippen LogP contribution in [0.3, 0.4) is 0 Å². The van der Waals surface area contributed by atoms with Gasteiger partial charge >= 0.3 is 6.03 Å². The number of carbonyl (C=O) groups excluding carboxylic acids is 2. The molecule has 3 amide bonds. The van der Waals surface area contributed by atoms with Crippen molar-refractivity contribution in [3.05, 3.63) is 17.8 Å². The molecule has 3 N–H and O–H groups in total. The van der Waals surface area contributed by atoms with E-state index in [-0.39, 0.29) is 24.0 Å². The van der Waals surface area contributed by atoms with Crippen LogP contribution < -0.4 is 16.0 Å². The number of urea groups is 1. The van der Waals surface area contributed by atoms with Crippen molar-refractivity contribution >= 4 is 23.4 Å². The number of carbonyl (C=O) groups is 2. The minimum absolute atomic E-state index is 0.0857. The second-order valence-electron chi connectivity index (χ2n) is 5.34. The van der Waals surface area contributed by atoms with E-state index in [0.717, 1.165) is 5.69 Å². The molecule has 0 aromatic carbocycles. The number of hydrogen-bond acceptors (Lipinski definition) is 4. The summed E-state index contributed by atoms with van der Waals surface area (Å²) in [6.07, 6.45) is 0. The first-order valence-electron chi connectivity index (χ1n) is 6.98. The molecule has 1 aliphatic rings. The fourth-order valence-electron chi connectivity index (χ4n) is 2.01. The largest absolute Gasteiger partial charge is 0.322 e. The van der Waals surface area contributed by atoms with E-state index in [1.165, 1.54) is 0 Å². The average molecular weight is 291 g/mol. The van der Waals surface area contributed by atoms with Crippen molar-refractivity contribution in [1.29, 1.82) is 0 Å². The number of pyridine rings is 1. The van der Waals surface area contributed by atoms with Crippen LogP contribution >= 0.6 is 0 Å². The molecule has 0 radical (unpaired) electrons. The maximum absolute atomic E-state index is 11.9. The van der Waals surface area contributed by atoms with Crippen molar-refractivity contribution in [2.45, 2.75) is 39.4 Å². The molecule has 7 heteroatoms. The van der Waals surface area contributed by atoms with Gasteiger partial charge in [-0.15, -0.1) is 0 Å². The molecule has 1 aromatic rings. The highest BCUT2D eigenvalue weighted by atomic mass is 16.2. The van der Waals surface area contributed by atoms with Gasteiger partial charge in [-0.3, -0.25) is 4.79 Å². The first-order chi connectivity index (χ1) is 9.92. The monoisotopic (exact) mass is 291 g/mol. The van der Waals surface area contributed by atoms with Gasteiger partial charge in [0, 0.05) is 6.04 Å². The fraction of sp³-hybridized carbons (Fsp3) is 0.500. The van der Waals surface area contributed by atoms with Crippen LogP contribution in [0.4, 0.5) is 16.3 Å². The highest BCUT2D eigenvalue weighted by Crippen LogP contribution is 2.24. The molecule has 0 aliphatic carbocycles. The molecule has 114 valence electrons. The number of aromatic nitrogens is 1. The van der Waals surface area contributed by atoms with Gasteiger partial charge in [0.15, 0.2) is 0 Å². The summed E-state index contributed by atoms with van der Waals surface area (Å²) in [6.45, 7) is 6.11. The van der Waals surface area contributed by atoms with Gasteiger partial charge in [-0.1, -0.05) is 0 Å². The van der Waals surface area contributed by atoms with Crippen LogP contribution in [0.25, 0.3) is 0 Å². The summed E-state index contributed by atoms with van der Waals surface area (Å²) in [4.78, 5) is 29.9. The predicted octanol–water partition coefficient (Wildman–Crippen LogP) is 1.38. The van der Waals surface area contributed by atoms with Crippen molar-refractivity contribution in [2.75, 3.05) is 17.7 Å². The van der Waals surface area contributed by atoms with E-state index in [0.29, 0.717) is 18.1 Å². The van der Waals surface area contributed by atoms with Gasteiger partial charge in [-0.2, -0.15) is 0 Å². The minimum Gasteiger partial charge on any atom is -0.316 e. The number of hydrogen-bond donors (Lipinski definition) is 3. The smallest absolute Gasteiger partial charge is 0.316 e. The second-order valence-corrected chi connectivity index (χ2v) is 5.34. The van der Waals surface area contributed by atoms with Crippen LogP contribution in [-0.4, -0.2) is 41.0 Å². The van der Waals surface area contributed by atoms with Crippen molar-refractivity contribution in [2.24, 2.45) is 0 Å². The van der Waals surface area contributed by atoms with Crippen LogP contribution in [0.5, 0.6) is 0 Å². The molecule has 0 spiro atoms. The molecular formula is C14H21N5O2. The lowest BCUT2D eigenvalue weighted by atomic mass is 10.2. The Bertz CT molecular complexity index is 558. The lowest BCUT2D eigenvalue weighted by Gasteiger charge is -2.31. The molecule has 1 aliphatic heterocycles. The van der Waals surface area contributed by atoms with Gasteiger partial charge in [-0.05, 0) is 40.0 Å². The lowest BCUT2D eigenvalue weighted by molar-refractivity contribution is -0.117. The van der Waals surface area contributed by atoms with Crippen LogP contribution in [0, 0.1) is 0 Å². The summed E-state index contributed by atoms with van der Waals surface area (Å²) >= 11 is 0. The minimum atomic E-state index is -0.297. The molecule has 0 unspecified atom stereocenters. The van der Waals surface area contributed by atoms with Crippen molar-refractivity contribution in [3.8, 4) is 0 Å². The summed E-state index contributed by atoms with van der Waals surface area (Å²) in [5, 5.41) is 8.43. The number of likely N-dealkylation sites (N-methyl/N-ethyl adjacent to an activating group) is 1. The van der Waals surface area contributed by atoms with Crippen molar-refractivity contribution < 1.29 is 9.59 Å². The van der Waals surface area contributed by atoms with E-state index >= 15 is 0 Å². The second kappa shape index (κ2) is 6.09. The van der Waals surface area contributed by atoms with Crippen molar-refractivity contribution in [1.82, 2.24) is 15.2 Å². The third-order valence-corrected chi connectivity index (χ3v) is 3.50. The molecule has 0 bridgehead atoms. The highest BCUT2D eigenvalue weighted by molar-refractivity contribution is 5.95. The average Bonchev–Trinajstić information content (AvgIpc) is 2.45. The van der Waals surface area contributed by atoms with E-state index in [1.807, 2.05) is 13.8 Å². The Morgan fingerprint density at radius 1 is 1.38 bits per heavy atom. The quantitative estimate of drug-likeness (QED) is 0.782. The molecule has 0 saturated heterocycles. The van der Waals surface area contributed by atoms with Gasteiger partial charge < -0.3 is 20.9 Å². The van der Waals surface area contributed by atoms with Gasteiger partial charge in [0.25, 0.3) is 0 Å². The van der Waals surface area contributed by atoms with Gasteiger partial charge in [0.2, 0.25) is 5.91 Å². The number of nitrogens with one attached hydrogen (secondary N) is 3. The Hall–Kier alpha value is -2.15. The summed E-state index contributed by atoms with van der Waals surface area (Å²) in [5.74, 6) is 0.339. The normalized spacial score (nSPS) is 15.5. The number of rotatable bonds is 4. The SMILES string of the molecule is CN[C@@H](C)C(=O)Nc1ccc2c(n1)CN(C(C)C)C(=O)N2. The molecular weight excluding hydrogens is 270 g/mol.